The molecule has 0 saturated heterocycles. The minimum Gasteiger partial charge on any atom is -0.428 e. The van der Waals surface area contributed by atoms with E-state index < -0.39 is 6.11 Å². The van der Waals surface area contributed by atoms with Crippen molar-refractivity contribution in [2.24, 2.45) is 0 Å². The number of hydrogen-bond acceptors (Lipinski definition) is 1. The Bertz CT molecular complexity index is 383. The molecule has 0 fully saturated rings. The first-order valence-corrected chi connectivity index (χ1v) is 3.88. The normalized spacial score (nSPS) is 18.2. The van der Waals surface area contributed by atoms with Crippen LogP contribution in [-0.4, -0.2) is 6.11 Å². The molecule has 1 aliphatic heterocycles. The predicted octanol–water partition coefficient (Wildman–Crippen LogP) is 2.99. The summed E-state index contributed by atoms with van der Waals surface area (Å²) in [5, 5.41) is 0. The molecule has 13 heavy (non-hydrogen) atoms. The average molecular weight is 182 g/mol. The summed E-state index contributed by atoms with van der Waals surface area (Å²) in [5.41, 5.74) is 1.07. The maximum absolute atomic E-state index is 12.9. The molecule has 0 atom stereocenters. The second kappa shape index (κ2) is 2.31. The largest absolute Gasteiger partial charge is 0.428 e. The predicted molar refractivity (Wildman–Crippen MR) is 45.8 cm³/mol. The van der Waals surface area contributed by atoms with Gasteiger partial charge in [-0.25, -0.2) is 0 Å². The molecule has 0 amide bonds. The lowest BCUT2D eigenvalue weighted by molar-refractivity contribution is -0.111. The van der Waals surface area contributed by atoms with Crippen LogP contribution >= 0.6 is 0 Å². The van der Waals surface area contributed by atoms with Gasteiger partial charge in [-0.3, -0.25) is 0 Å². The molecule has 0 saturated carbocycles. The zero-order valence-electron chi connectivity index (χ0n) is 7.10. The molecule has 3 heteroatoms. The lowest BCUT2D eigenvalue weighted by Crippen LogP contribution is -2.19. The van der Waals surface area contributed by atoms with E-state index in [9.17, 15) is 8.78 Å². The molecule has 0 aliphatic carbocycles. The van der Waals surface area contributed by atoms with Crippen molar-refractivity contribution in [3.63, 3.8) is 0 Å². The molecule has 0 aromatic heterocycles. The van der Waals surface area contributed by atoms with E-state index in [-0.39, 0.29) is 11.3 Å². The highest BCUT2D eigenvalue weighted by atomic mass is 19.3. The molecule has 1 heterocycles. The molecular weight excluding hydrogens is 174 g/mol. The molecular formula is C10H8F2O. The Morgan fingerprint density at radius 3 is 2.77 bits per heavy atom. The minimum absolute atomic E-state index is 0.209. The fourth-order valence-electron chi connectivity index (χ4n) is 1.33. The summed E-state index contributed by atoms with van der Waals surface area (Å²) < 4.78 is 30.3. The number of ether oxygens (including phenoxy) is 1. The molecule has 1 nitrogen and oxygen atoms in total. The Morgan fingerprint density at radius 1 is 1.38 bits per heavy atom. The Morgan fingerprint density at radius 2 is 2.08 bits per heavy atom. The fourth-order valence-corrected chi connectivity index (χ4v) is 1.33. The van der Waals surface area contributed by atoms with Crippen molar-refractivity contribution >= 4 is 5.57 Å². The van der Waals surface area contributed by atoms with Crippen LogP contribution in [0.4, 0.5) is 8.78 Å². The highest BCUT2D eigenvalue weighted by molar-refractivity contribution is 5.76. The quantitative estimate of drug-likeness (QED) is 0.599. The van der Waals surface area contributed by atoms with Gasteiger partial charge in [0.1, 0.15) is 5.75 Å². The number of alkyl halides is 2. The van der Waals surface area contributed by atoms with Gasteiger partial charge in [0.2, 0.25) is 0 Å². The van der Waals surface area contributed by atoms with Crippen molar-refractivity contribution in [2.75, 3.05) is 0 Å². The van der Waals surface area contributed by atoms with E-state index in [1.165, 1.54) is 6.07 Å². The first-order valence-electron chi connectivity index (χ1n) is 3.88. The topological polar surface area (TPSA) is 9.23 Å². The lowest BCUT2D eigenvalue weighted by Gasteiger charge is -2.07. The summed E-state index contributed by atoms with van der Waals surface area (Å²) >= 11 is 0. The average Bonchev–Trinajstić information content (AvgIpc) is 2.26. The van der Waals surface area contributed by atoms with Crippen LogP contribution in [0.1, 0.15) is 11.1 Å². The third kappa shape index (κ3) is 1.11. The zero-order chi connectivity index (χ0) is 9.64. The molecule has 0 spiro atoms. The van der Waals surface area contributed by atoms with Gasteiger partial charge in [0.15, 0.2) is 0 Å². The van der Waals surface area contributed by atoms with E-state index in [4.69, 9.17) is 0 Å². The van der Waals surface area contributed by atoms with Crippen molar-refractivity contribution in [1.82, 2.24) is 0 Å². The smallest absolute Gasteiger partial charge is 0.426 e. The highest BCUT2D eigenvalue weighted by Crippen LogP contribution is 2.45. The van der Waals surface area contributed by atoms with E-state index in [2.05, 4.69) is 11.3 Å². The number of benzene rings is 1. The van der Waals surface area contributed by atoms with Crippen molar-refractivity contribution in [1.29, 1.82) is 0 Å². The van der Waals surface area contributed by atoms with Crippen LogP contribution in [0.2, 0.25) is 0 Å². The Labute approximate surface area is 74.6 Å². The molecule has 2 rings (SSSR count). The molecule has 0 bridgehead atoms. The summed E-state index contributed by atoms with van der Waals surface area (Å²) in [5.74, 6) is 0.209. The first-order chi connectivity index (χ1) is 6.00. The van der Waals surface area contributed by atoms with Crippen molar-refractivity contribution in [3.05, 3.63) is 35.9 Å². The van der Waals surface area contributed by atoms with Gasteiger partial charge in [-0.1, -0.05) is 18.2 Å². The monoisotopic (exact) mass is 182 g/mol. The van der Waals surface area contributed by atoms with Gasteiger partial charge in [-0.15, -0.1) is 0 Å². The van der Waals surface area contributed by atoms with Crippen LogP contribution in [0, 0.1) is 6.92 Å². The number of aryl methyl sites for hydroxylation is 1. The maximum Gasteiger partial charge on any atom is 0.426 e. The third-order valence-electron chi connectivity index (χ3n) is 2.05. The summed E-state index contributed by atoms with van der Waals surface area (Å²) in [4.78, 5) is 0. The number of rotatable bonds is 0. The summed E-state index contributed by atoms with van der Waals surface area (Å²) in [6.07, 6.45) is -3.24. The summed E-state index contributed by atoms with van der Waals surface area (Å²) in [7, 11) is 0. The standard InChI is InChI=1S/C10H8F2O/c1-6-3-4-9-8(5-6)7(2)10(11,12)13-9/h3-5H,2H2,1H3. The zero-order valence-corrected chi connectivity index (χ0v) is 7.10. The Balaban J connectivity index is 2.57. The van der Waals surface area contributed by atoms with Crippen molar-refractivity contribution in [3.8, 4) is 5.75 Å². The molecule has 0 unspecified atom stereocenters. The van der Waals surface area contributed by atoms with Gasteiger partial charge >= 0.3 is 6.11 Å². The second-order valence-corrected chi connectivity index (χ2v) is 3.10. The third-order valence-corrected chi connectivity index (χ3v) is 2.05. The second-order valence-electron chi connectivity index (χ2n) is 3.10. The van der Waals surface area contributed by atoms with Gasteiger partial charge in [-0.2, -0.15) is 8.78 Å². The van der Waals surface area contributed by atoms with Crippen LogP contribution < -0.4 is 4.74 Å². The van der Waals surface area contributed by atoms with Crippen molar-refractivity contribution in [2.45, 2.75) is 13.0 Å². The van der Waals surface area contributed by atoms with Gasteiger partial charge < -0.3 is 4.74 Å². The van der Waals surface area contributed by atoms with Gasteiger partial charge in [0.05, 0.1) is 5.57 Å². The van der Waals surface area contributed by atoms with E-state index in [0.29, 0.717) is 5.56 Å². The highest BCUT2D eigenvalue weighted by Gasteiger charge is 2.44. The number of hydrogen-bond donors (Lipinski definition) is 0. The van der Waals surface area contributed by atoms with Crippen LogP contribution in [-0.2, 0) is 0 Å². The summed E-state index contributed by atoms with van der Waals surface area (Å²) in [6, 6.07) is 4.92. The minimum atomic E-state index is -3.24. The molecule has 68 valence electrons. The van der Waals surface area contributed by atoms with Gasteiger partial charge in [0, 0.05) is 5.56 Å². The SMILES string of the molecule is C=C1c2cc(C)ccc2OC1(F)F. The molecule has 1 aliphatic rings. The van der Waals surface area contributed by atoms with E-state index in [1.54, 1.807) is 12.1 Å². The van der Waals surface area contributed by atoms with Crippen molar-refractivity contribution < 1.29 is 13.5 Å². The Hall–Kier alpha value is -1.38. The first kappa shape index (κ1) is 8.23. The molecule has 1 aromatic carbocycles. The number of halogens is 2. The van der Waals surface area contributed by atoms with Crippen LogP contribution in [0.5, 0.6) is 5.75 Å². The van der Waals surface area contributed by atoms with Crippen LogP contribution in [0.3, 0.4) is 0 Å². The molecule has 0 N–H and O–H groups in total. The van der Waals surface area contributed by atoms with E-state index in [0.717, 1.165) is 5.56 Å². The maximum atomic E-state index is 12.9. The van der Waals surface area contributed by atoms with Crippen LogP contribution in [0.25, 0.3) is 5.57 Å². The van der Waals surface area contributed by atoms with E-state index in [1.807, 2.05) is 6.92 Å². The molecule has 0 radical (unpaired) electrons. The van der Waals surface area contributed by atoms with E-state index >= 15 is 0 Å². The summed E-state index contributed by atoms with van der Waals surface area (Å²) in [6.45, 7) is 5.15. The number of fused-ring (bicyclic) bond motifs is 1. The van der Waals surface area contributed by atoms with Crippen LogP contribution in [0.15, 0.2) is 24.8 Å². The van der Waals surface area contributed by atoms with Gasteiger partial charge in [-0.05, 0) is 19.1 Å². The fraction of sp³-hybridized carbons (Fsp3) is 0.200. The van der Waals surface area contributed by atoms with Gasteiger partial charge in [0.25, 0.3) is 0 Å². The molecule has 1 aromatic rings. The lowest BCUT2D eigenvalue weighted by atomic mass is 10.1. The Kier molecular flexibility index (Phi) is 1.46.